The smallest absolute Gasteiger partial charge is 0.396 e. The van der Waals surface area contributed by atoms with Crippen molar-refractivity contribution in [3.63, 3.8) is 0 Å². The van der Waals surface area contributed by atoms with Crippen LogP contribution in [0.25, 0.3) is 0 Å². The molecule has 0 amide bonds. The quantitative estimate of drug-likeness (QED) is 0.683. The molecular formula is C17H17F2N3O4S. The zero-order valence-corrected chi connectivity index (χ0v) is 15.5. The van der Waals surface area contributed by atoms with Gasteiger partial charge in [-0.2, -0.15) is 5.10 Å². The molecule has 3 rings (SSSR count). The van der Waals surface area contributed by atoms with Crippen molar-refractivity contribution in [2.75, 3.05) is 6.26 Å². The van der Waals surface area contributed by atoms with Gasteiger partial charge in [-0.05, 0) is 19.2 Å². The summed E-state index contributed by atoms with van der Waals surface area (Å²) in [6.07, 6.45) is 4.35. The van der Waals surface area contributed by atoms with Crippen LogP contribution in [0.4, 0.5) is 8.78 Å². The lowest BCUT2D eigenvalue weighted by molar-refractivity contribution is -0.0208. The van der Waals surface area contributed by atoms with E-state index in [1.54, 1.807) is 13.2 Å². The third-order valence-electron chi connectivity index (χ3n) is 4.47. The van der Waals surface area contributed by atoms with Crippen LogP contribution in [0.3, 0.4) is 0 Å². The van der Waals surface area contributed by atoms with E-state index in [0.29, 0.717) is 6.07 Å². The average Bonchev–Trinajstić information content (AvgIpc) is 3.24. The number of benzene rings is 1. The fraction of sp³-hybridized carbons (Fsp3) is 0.353. The Kier molecular flexibility index (Phi) is 5.20. The summed E-state index contributed by atoms with van der Waals surface area (Å²) >= 11 is 1.18. The van der Waals surface area contributed by atoms with E-state index >= 15 is 0 Å². The molecule has 0 fully saturated rings. The molecule has 144 valence electrons. The number of hydrogen-bond acceptors (Lipinski definition) is 7. The number of thioether (sulfide) groups is 1. The van der Waals surface area contributed by atoms with Crippen molar-refractivity contribution in [2.24, 2.45) is 0 Å². The summed E-state index contributed by atoms with van der Waals surface area (Å²) in [5, 5.41) is 14.9. The first-order chi connectivity index (χ1) is 12.8. The monoisotopic (exact) mass is 397 g/mol. The highest BCUT2D eigenvalue weighted by molar-refractivity contribution is 7.98. The van der Waals surface area contributed by atoms with Crippen LogP contribution >= 0.6 is 11.8 Å². The maximum absolute atomic E-state index is 14.7. The van der Waals surface area contributed by atoms with Gasteiger partial charge in [0.1, 0.15) is 41.0 Å². The van der Waals surface area contributed by atoms with Crippen LogP contribution in [0, 0.1) is 18.6 Å². The second-order valence-corrected chi connectivity index (χ2v) is 6.93. The van der Waals surface area contributed by atoms with Crippen LogP contribution in [-0.4, -0.2) is 26.1 Å². The lowest BCUT2D eigenvalue weighted by Crippen LogP contribution is -2.41. The van der Waals surface area contributed by atoms with Gasteiger partial charge in [-0.3, -0.25) is 0 Å². The summed E-state index contributed by atoms with van der Waals surface area (Å²) in [5.41, 5.74) is -2.15. The Bertz CT molecular complexity index is 988. The number of rotatable bonds is 6. The van der Waals surface area contributed by atoms with Gasteiger partial charge >= 0.3 is 5.82 Å². The zero-order valence-electron chi connectivity index (χ0n) is 14.7. The molecule has 0 spiro atoms. The summed E-state index contributed by atoms with van der Waals surface area (Å²) < 4.78 is 39.5. The van der Waals surface area contributed by atoms with Crippen molar-refractivity contribution in [2.45, 2.75) is 30.7 Å². The van der Waals surface area contributed by atoms with Gasteiger partial charge < -0.3 is 13.9 Å². The van der Waals surface area contributed by atoms with Gasteiger partial charge in [0, 0.05) is 11.6 Å². The van der Waals surface area contributed by atoms with Gasteiger partial charge in [0.05, 0.1) is 5.92 Å². The number of aryl methyl sites for hydroxylation is 1. The van der Waals surface area contributed by atoms with Crippen LogP contribution in [0.5, 0.6) is 0 Å². The molecule has 2 heterocycles. The van der Waals surface area contributed by atoms with E-state index in [1.807, 2.05) is 0 Å². The Hall–Kier alpha value is -2.46. The molecule has 0 saturated heterocycles. The Morgan fingerprint density at radius 1 is 1.33 bits per heavy atom. The second kappa shape index (κ2) is 7.28. The molecule has 10 heteroatoms. The first-order valence-corrected chi connectivity index (χ1v) is 9.23. The Labute approximate surface area is 157 Å². The minimum atomic E-state index is -1.98. The summed E-state index contributed by atoms with van der Waals surface area (Å²) in [7, 11) is 0. The van der Waals surface area contributed by atoms with Gasteiger partial charge in [0.2, 0.25) is 0 Å². The SMILES string of the molecule is CSC(n1cncn1)C(O)(c1ccc(F)cc1F)C(C)c1oc(=O)oc1C. The number of nitrogens with zero attached hydrogens (tertiary/aromatic N) is 3. The van der Waals surface area contributed by atoms with E-state index < -0.39 is 34.3 Å². The molecular weight excluding hydrogens is 380 g/mol. The molecule has 0 aliphatic heterocycles. The third kappa shape index (κ3) is 3.30. The molecule has 0 aliphatic carbocycles. The third-order valence-corrected chi connectivity index (χ3v) is 5.49. The average molecular weight is 397 g/mol. The van der Waals surface area contributed by atoms with Gasteiger partial charge in [0.25, 0.3) is 0 Å². The molecule has 0 bridgehead atoms. The Morgan fingerprint density at radius 3 is 2.59 bits per heavy atom. The first kappa shape index (κ1) is 19.3. The van der Waals surface area contributed by atoms with Gasteiger partial charge in [-0.25, -0.2) is 23.2 Å². The van der Waals surface area contributed by atoms with Crippen LogP contribution in [0.2, 0.25) is 0 Å². The number of aliphatic hydroxyl groups is 1. The summed E-state index contributed by atoms with van der Waals surface area (Å²) in [4.78, 5) is 15.4. The molecule has 0 radical (unpaired) electrons. The van der Waals surface area contributed by atoms with Crippen molar-refractivity contribution in [3.05, 3.63) is 70.2 Å². The second-order valence-electron chi connectivity index (χ2n) is 6.01. The van der Waals surface area contributed by atoms with Crippen molar-refractivity contribution in [1.82, 2.24) is 14.8 Å². The largest absolute Gasteiger partial charge is 0.519 e. The number of hydrogen-bond donors (Lipinski definition) is 1. The van der Waals surface area contributed by atoms with Crippen molar-refractivity contribution in [1.29, 1.82) is 0 Å². The van der Waals surface area contributed by atoms with Crippen LogP contribution in [-0.2, 0) is 5.60 Å². The van der Waals surface area contributed by atoms with Gasteiger partial charge in [-0.1, -0.05) is 13.0 Å². The first-order valence-electron chi connectivity index (χ1n) is 7.94. The zero-order chi connectivity index (χ0) is 19.8. The molecule has 1 aromatic carbocycles. The highest BCUT2D eigenvalue weighted by Gasteiger charge is 2.49. The summed E-state index contributed by atoms with van der Waals surface area (Å²) in [5.74, 6) is -3.37. The van der Waals surface area contributed by atoms with E-state index in [-0.39, 0.29) is 17.1 Å². The molecule has 3 atom stereocenters. The van der Waals surface area contributed by atoms with Crippen LogP contribution in [0.1, 0.15) is 35.3 Å². The maximum Gasteiger partial charge on any atom is 0.519 e. The molecule has 2 aromatic heterocycles. The van der Waals surface area contributed by atoms with E-state index in [1.165, 1.54) is 36.0 Å². The molecule has 3 aromatic rings. The number of aromatic nitrogens is 3. The van der Waals surface area contributed by atoms with Gasteiger partial charge in [0.15, 0.2) is 5.76 Å². The highest BCUT2D eigenvalue weighted by Crippen LogP contribution is 2.49. The van der Waals surface area contributed by atoms with Gasteiger partial charge in [-0.15, -0.1) is 11.8 Å². The molecule has 0 aliphatic rings. The minimum absolute atomic E-state index is 0.0605. The highest BCUT2D eigenvalue weighted by atomic mass is 32.2. The maximum atomic E-state index is 14.7. The Balaban J connectivity index is 2.25. The summed E-state index contributed by atoms with van der Waals surface area (Å²) in [6.45, 7) is 3.06. The molecule has 27 heavy (non-hydrogen) atoms. The molecule has 7 nitrogen and oxygen atoms in total. The fourth-order valence-electron chi connectivity index (χ4n) is 3.17. The summed E-state index contributed by atoms with van der Waals surface area (Å²) in [6, 6.07) is 2.90. The lowest BCUT2D eigenvalue weighted by Gasteiger charge is -2.39. The topological polar surface area (TPSA) is 94.3 Å². The fourth-order valence-corrected chi connectivity index (χ4v) is 4.19. The van der Waals surface area contributed by atoms with Crippen molar-refractivity contribution in [3.8, 4) is 0 Å². The number of halogens is 2. The van der Waals surface area contributed by atoms with E-state index in [0.717, 1.165) is 12.1 Å². The van der Waals surface area contributed by atoms with Crippen LogP contribution in [0.15, 0.2) is 44.5 Å². The van der Waals surface area contributed by atoms with E-state index in [4.69, 9.17) is 8.83 Å². The molecule has 1 N–H and O–H groups in total. The van der Waals surface area contributed by atoms with Crippen LogP contribution < -0.4 is 5.82 Å². The Morgan fingerprint density at radius 2 is 2.07 bits per heavy atom. The standard InChI is InChI=1S/C17H17F2N3O4S/c1-9(14-10(2)25-16(23)26-14)17(24,12-5-4-11(18)6-13(12)19)15(27-3)22-8-20-7-21-22/h4-9,15,24H,1-3H3. The van der Waals surface area contributed by atoms with Crippen molar-refractivity contribution >= 4 is 11.8 Å². The lowest BCUT2D eigenvalue weighted by atomic mass is 9.79. The minimum Gasteiger partial charge on any atom is -0.396 e. The van der Waals surface area contributed by atoms with E-state index in [2.05, 4.69) is 10.1 Å². The predicted octanol–water partition coefficient (Wildman–Crippen LogP) is 2.96. The normalized spacial score (nSPS) is 16.1. The molecule has 0 saturated carbocycles. The molecule has 3 unspecified atom stereocenters. The predicted molar refractivity (Wildman–Crippen MR) is 93.2 cm³/mol. The van der Waals surface area contributed by atoms with E-state index in [9.17, 15) is 18.7 Å². The van der Waals surface area contributed by atoms with Crippen molar-refractivity contribution < 1.29 is 22.7 Å².